The molecule has 0 aliphatic heterocycles. The number of carboxylic acids is 2. The third-order valence-corrected chi connectivity index (χ3v) is 3.03. The summed E-state index contributed by atoms with van der Waals surface area (Å²) in [6.45, 7) is 4.85. The van der Waals surface area contributed by atoms with Crippen molar-refractivity contribution in [3.8, 4) is 0 Å². The summed E-state index contributed by atoms with van der Waals surface area (Å²) in [5, 5.41) is 27.0. The van der Waals surface area contributed by atoms with E-state index in [-0.39, 0.29) is 31.0 Å². The first kappa shape index (κ1) is 21.3. The number of aliphatic carboxylic acids is 2. The highest BCUT2D eigenvalue weighted by Gasteiger charge is 2.29. The van der Waals surface area contributed by atoms with Gasteiger partial charge >= 0.3 is 11.9 Å². The fourth-order valence-corrected chi connectivity index (χ4v) is 1.81. The highest BCUT2D eigenvalue weighted by Crippen LogP contribution is 2.22. The van der Waals surface area contributed by atoms with Crippen molar-refractivity contribution in [3.05, 3.63) is 23.3 Å². The molecule has 0 heterocycles. The van der Waals surface area contributed by atoms with E-state index in [0.717, 1.165) is 12.8 Å². The van der Waals surface area contributed by atoms with Crippen molar-refractivity contribution in [3.63, 3.8) is 0 Å². The van der Waals surface area contributed by atoms with Gasteiger partial charge in [0.1, 0.15) is 5.60 Å². The maximum atomic E-state index is 11.1. The van der Waals surface area contributed by atoms with E-state index in [9.17, 15) is 9.59 Å². The van der Waals surface area contributed by atoms with E-state index in [1.54, 1.807) is 0 Å². The minimum absolute atomic E-state index is 0.0172. The lowest BCUT2D eigenvalue weighted by atomic mass is 9.98. The summed E-state index contributed by atoms with van der Waals surface area (Å²) in [4.78, 5) is 22.2. The monoisotopic (exact) mass is 330 g/mol. The Balaban J connectivity index is 5.67. The van der Waals surface area contributed by atoms with E-state index in [0.29, 0.717) is 6.61 Å². The van der Waals surface area contributed by atoms with Gasteiger partial charge in [-0.1, -0.05) is 13.3 Å². The van der Waals surface area contributed by atoms with Crippen LogP contribution in [0.1, 0.15) is 33.6 Å². The number of hydrogen-bond donors (Lipinski definition) is 3. The average Bonchev–Trinajstić information content (AvgIpc) is 2.47. The molecule has 0 rings (SSSR count). The van der Waals surface area contributed by atoms with Gasteiger partial charge in [-0.15, -0.1) is 0 Å². The number of rotatable bonds is 12. The second-order valence-corrected chi connectivity index (χ2v) is 5.20. The topological polar surface area (TPSA) is 113 Å². The Kier molecular flexibility index (Phi) is 10.1. The Hall–Kier alpha value is -1.70. The summed E-state index contributed by atoms with van der Waals surface area (Å²) in [6, 6.07) is 0. The normalized spacial score (nSPS) is 15.3. The number of hydrogen-bond acceptors (Lipinski definition) is 5. The van der Waals surface area contributed by atoms with Gasteiger partial charge < -0.3 is 24.8 Å². The van der Waals surface area contributed by atoms with Crippen molar-refractivity contribution in [2.24, 2.45) is 0 Å². The lowest BCUT2D eigenvalue weighted by molar-refractivity contribution is -0.133. The first-order chi connectivity index (χ1) is 10.8. The van der Waals surface area contributed by atoms with Gasteiger partial charge in [0.2, 0.25) is 0 Å². The van der Waals surface area contributed by atoms with Gasteiger partial charge in [0.15, 0.2) is 0 Å². The molecule has 0 aromatic heterocycles. The van der Waals surface area contributed by atoms with E-state index in [4.69, 9.17) is 24.8 Å². The predicted molar refractivity (Wildman–Crippen MR) is 84.3 cm³/mol. The van der Waals surface area contributed by atoms with Gasteiger partial charge in [0.25, 0.3) is 0 Å². The van der Waals surface area contributed by atoms with Crippen molar-refractivity contribution in [1.29, 1.82) is 0 Å². The zero-order valence-electron chi connectivity index (χ0n) is 13.9. The van der Waals surface area contributed by atoms with E-state index < -0.39 is 17.5 Å². The molecule has 0 fully saturated rings. The standard InChI is InChI=1S/C16H26O7/c1-4-5-7-23-16(11-22-8-6-17,9-12(2)14(18)19)10-13(3)15(20)21/h9-10,17H,4-8,11H2,1-3H3,(H,18,19)(H,20,21). The average molecular weight is 330 g/mol. The van der Waals surface area contributed by atoms with E-state index >= 15 is 0 Å². The molecule has 0 aromatic rings. The number of carbonyl (C=O) groups is 2. The van der Waals surface area contributed by atoms with Crippen LogP contribution in [0.4, 0.5) is 0 Å². The molecule has 0 bridgehead atoms. The van der Waals surface area contributed by atoms with E-state index in [1.807, 2.05) is 6.92 Å². The van der Waals surface area contributed by atoms with Crippen LogP contribution in [0, 0.1) is 0 Å². The lowest BCUT2D eigenvalue weighted by Gasteiger charge is -2.29. The zero-order chi connectivity index (χ0) is 17.9. The van der Waals surface area contributed by atoms with Crippen LogP contribution in [-0.4, -0.2) is 59.3 Å². The highest BCUT2D eigenvalue weighted by molar-refractivity contribution is 5.87. The van der Waals surface area contributed by atoms with Gasteiger partial charge in [-0.05, 0) is 32.4 Å². The predicted octanol–water partition coefficient (Wildman–Crippen LogP) is 1.61. The van der Waals surface area contributed by atoms with Gasteiger partial charge in [0.05, 0.1) is 19.8 Å². The summed E-state index contributed by atoms with van der Waals surface area (Å²) in [6.07, 6.45) is 4.29. The van der Waals surface area contributed by atoms with Crippen LogP contribution in [0.25, 0.3) is 0 Å². The van der Waals surface area contributed by atoms with Crippen molar-refractivity contribution in [1.82, 2.24) is 0 Å². The van der Waals surface area contributed by atoms with E-state index in [2.05, 4.69) is 0 Å². The maximum Gasteiger partial charge on any atom is 0.331 e. The fraction of sp³-hybridized carbons (Fsp3) is 0.625. The van der Waals surface area contributed by atoms with Crippen LogP contribution in [0.5, 0.6) is 0 Å². The molecular weight excluding hydrogens is 304 g/mol. The van der Waals surface area contributed by atoms with Crippen molar-refractivity contribution in [2.45, 2.75) is 39.2 Å². The van der Waals surface area contributed by atoms with Gasteiger partial charge in [-0.25, -0.2) is 9.59 Å². The summed E-state index contributed by atoms with van der Waals surface area (Å²) < 4.78 is 11.1. The summed E-state index contributed by atoms with van der Waals surface area (Å²) in [5.41, 5.74) is -1.28. The largest absolute Gasteiger partial charge is 0.478 e. The third kappa shape index (κ3) is 8.49. The minimum Gasteiger partial charge on any atom is -0.478 e. The second-order valence-electron chi connectivity index (χ2n) is 5.20. The molecule has 0 saturated carbocycles. The molecule has 0 atom stereocenters. The second kappa shape index (κ2) is 10.9. The van der Waals surface area contributed by atoms with Gasteiger partial charge in [-0.2, -0.15) is 0 Å². The molecule has 23 heavy (non-hydrogen) atoms. The SMILES string of the molecule is CCCCOC(C=C(C)C(=O)O)(C=C(C)C(=O)O)COCCO. The maximum absolute atomic E-state index is 11.1. The van der Waals surface area contributed by atoms with Crippen LogP contribution in [0.2, 0.25) is 0 Å². The smallest absolute Gasteiger partial charge is 0.331 e. The molecular formula is C16H26O7. The molecule has 0 aliphatic rings. The lowest BCUT2D eigenvalue weighted by Crippen LogP contribution is -2.36. The first-order valence-electron chi connectivity index (χ1n) is 7.46. The van der Waals surface area contributed by atoms with E-state index in [1.165, 1.54) is 26.0 Å². The van der Waals surface area contributed by atoms with Crippen molar-refractivity contribution >= 4 is 11.9 Å². The Morgan fingerprint density at radius 3 is 1.96 bits per heavy atom. The number of ether oxygens (including phenoxy) is 2. The minimum atomic E-state index is -1.31. The molecule has 3 N–H and O–H groups in total. The van der Waals surface area contributed by atoms with Crippen LogP contribution >= 0.6 is 0 Å². The highest BCUT2D eigenvalue weighted by atomic mass is 16.5. The quantitative estimate of drug-likeness (QED) is 0.368. The molecule has 7 nitrogen and oxygen atoms in total. The van der Waals surface area contributed by atoms with Gasteiger partial charge in [0, 0.05) is 17.8 Å². The fourth-order valence-electron chi connectivity index (χ4n) is 1.81. The molecule has 7 heteroatoms. The molecule has 0 aliphatic carbocycles. The first-order valence-corrected chi connectivity index (χ1v) is 7.46. The molecule has 0 radical (unpaired) electrons. The zero-order valence-corrected chi connectivity index (χ0v) is 13.9. The number of aliphatic hydroxyl groups excluding tert-OH is 1. The summed E-state index contributed by atoms with van der Waals surface area (Å²) in [5.74, 6) is -2.26. The molecule has 0 amide bonds. The molecule has 0 aromatic carbocycles. The molecule has 0 spiro atoms. The number of aliphatic hydroxyl groups is 1. The van der Waals surface area contributed by atoms with Crippen LogP contribution in [0.3, 0.4) is 0 Å². The van der Waals surface area contributed by atoms with Crippen molar-refractivity contribution < 1.29 is 34.4 Å². The van der Waals surface area contributed by atoms with Gasteiger partial charge in [-0.3, -0.25) is 0 Å². The summed E-state index contributed by atoms with van der Waals surface area (Å²) >= 11 is 0. The Morgan fingerprint density at radius 1 is 1.04 bits per heavy atom. The van der Waals surface area contributed by atoms with Crippen molar-refractivity contribution in [2.75, 3.05) is 26.4 Å². The van der Waals surface area contributed by atoms with Crippen LogP contribution in [-0.2, 0) is 19.1 Å². The number of carboxylic acid groups (broad SMARTS) is 2. The molecule has 0 saturated heterocycles. The Bertz CT molecular complexity index is 409. The number of unbranched alkanes of at least 4 members (excludes halogenated alkanes) is 1. The third-order valence-electron chi connectivity index (χ3n) is 3.03. The van der Waals surface area contributed by atoms with Crippen LogP contribution in [0.15, 0.2) is 23.3 Å². The van der Waals surface area contributed by atoms with Crippen LogP contribution < -0.4 is 0 Å². The molecule has 0 unspecified atom stereocenters. The Labute approximate surface area is 136 Å². The Morgan fingerprint density at radius 2 is 1.57 bits per heavy atom. The molecule has 132 valence electrons. The summed E-state index contributed by atoms with van der Waals surface area (Å²) in [7, 11) is 0.